The summed E-state index contributed by atoms with van der Waals surface area (Å²) in [6, 6.07) is 11.7. The summed E-state index contributed by atoms with van der Waals surface area (Å²) in [4.78, 5) is 24.0. The number of fused-ring (bicyclic) bond motifs is 1. The zero-order valence-electron chi connectivity index (χ0n) is 17.7. The fourth-order valence-electron chi connectivity index (χ4n) is 3.91. The zero-order valence-corrected chi connectivity index (χ0v) is 17.7. The van der Waals surface area contributed by atoms with Gasteiger partial charge in [-0.1, -0.05) is 30.3 Å². The molecule has 1 aliphatic heterocycles. The standard InChI is InChI=1S/C23H24F3N5O/c1-16(32)27-9-10-30-11-13-31(14-12-30)22-18-7-8-20(23(24,25)26)29-21(18)19(15-28-22)17-5-3-2-4-6-17/h2-8,15H,9-14H2,1H3,(H,27,32). The van der Waals surface area contributed by atoms with Crippen LogP contribution >= 0.6 is 0 Å². The van der Waals surface area contributed by atoms with Gasteiger partial charge in [0.15, 0.2) is 0 Å². The largest absolute Gasteiger partial charge is 0.433 e. The summed E-state index contributed by atoms with van der Waals surface area (Å²) < 4.78 is 40.1. The van der Waals surface area contributed by atoms with Gasteiger partial charge in [-0.05, 0) is 17.7 Å². The summed E-state index contributed by atoms with van der Waals surface area (Å²) in [6.45, 7) is 5.76. The van der Waals surface area contributed by atoms with Crippen LogP contribution in [0.1, 0.15) is 12.6 Å². The van der Waals surface area contributed by atoms with Gasteiger partial charge in [-0.15, -0.1) is 0 Å². The van der Waals surface area contributed by atoms with Crippen LogP contribution < -0.4 is 10.2 Å². The number of benzene rings is 1. The smallest absolute Gasteiger partial charge is 0.355 e. The molecule has 0 unspecified atom stereocenters. The van der Waals surface area contributed by atoms with Crippen LogP contribution in [0.25, 0.3) is 22.0 Å². The third kappa shape index (κ3) is 4.83. The zero-order chi connectivity index (χ0) is 22.7. The van der Waals surface area contributed by atoms with Crippen molar-refractivity contribution in [2.75, 3.05) is 44.2 Å². The minimum atomic E-state index is -4.52. The molecule has 0 spiro atoms. The molecule has 1 saturated heterocycles. The number of rotatable bonds is 5. The number of nitrogens with zero attached hydrogens (tertiary/aromatic N) is 4. The van der Waals surface area contributed by atoms with Crippen molar-refractivity contribution < 1.29 is 18.0 Å². The average molecular weight is 443 g/mol. The summed E-state index contributed by atoms with van der Waals surface area (Å²) in [7, 11) is 0. The van der Waals surface area contributed by atoms with Crippen LogP contribution in [0.4, 0.5) is 19.0 Å². The minimum Gasteiger partial charge on any atom is -0.355 e. The molecule has 0 saturated carbocycles. The number of piperazine rings is 1. The predicted molar refractivity (Wildman–Crippen MR) is 117 cm³/mol. The highest BCUT2D eigenvalue weighted by Crippen LogP contribution is 2.35. The molecule has 168 valence electrons. The van der Waals surface area contributed by atoms with E-state index in [4.69, 9.17) is 0 Å². The van der Waals surface area contributed by atoms with E-state index in [1.165, 1.54) is 13.0 Å². The lowest BCUT2D eigenvalue weighted by Crippen LogP contribution is -2.48. The number of hydrogen-bond acceptors (Lipinski definition) is 5. The van der Waals surface area contributed by atoms with Crippen LogP contribution in [-0.4, -0.2) is 60.0 Å². The maximum absolute atomic E-state index is 13.4. The van der Waals surface area contributed by atoms with E-state index < -0.39 is 11.9 Å². The van der Waals surface area contributed by atoms with Gasteiger partial charge >= 0.3 is 6.18 Å². The lowest BCUT2D eigenvalue weighted by atomic mass is 10.0. The maximum atomic E-state index is 13.4. The van der Waals surface area contributed by atoms with Crippen LogP contribution in [0, 0.1) is 0 Å². The third-order valence-corrected chi connectivity index (χ3v) is 5.56. The van der Waals surface area contributed by atoms with E-state index in [-0.39, 0.29) is 5.91 Å². The number of aromatic nitrogens is 2. The molecule has 0 bridgehead atoms. The average Bonchev–Trinajstić information content (AvgIpc) is 2.78. The fourth-order valence-corrected chi connectivity index (χ4v) is 3.91. The number of halogens is 3. The number of alkyl halides is 3. The van der Waals surface area contributed by atoms with Gasteiger partial charge in [0.1, 0.15) is 11.5 Å². The highest BCUT2D eigenvalue weighted by molar-refractivity contribution is 5.99. The summed E-state index contributed by atoms with van der Waals surface area (Å²) in [5.74, 6) is 0.589. The van der Waals surface area contributed by atoms with Crippen molar-refractivity contribution in [3.63, 3.8) is 0 Å². The van der Waals surface area contributed by atoms with Crippen LogP contribution in [0.15, 0.2) is 48.7 Å². The molecule has 1 aliphatic rings. The molecule has 1 fully saturated rings. The number of anilines is 1. The molecule has 1 aromatic carbocycles. The quantitative estimate of drug-likeness (QED) is 0.653. The van der Waals surface area contributed by atoms with Gasteiger partial charge in [-0.25, -0.2) is 9.97 Å². The lowest BCUT2D eigenvalue weighted by molar-refractivity contribution is -0.141. The Morgan fingerprint density at radius 3 is 2.44 bits per heavy atom. The molecule has 6 nitrogen and oxygen atoms in total. The van der Waals surface area contributed by atoms with Crippen molar-refractivity contribution in [2.24, 2.45) is 0 Å². The molecule has 3 heterocycles. The summed E-state index contributed by atoms with van der Waals surface area (Å²) in [5.41, 5.74) is 0.724. The molecular formula is C23H24F3N5O. The van der Waals surface area contributed by atoms with Gasteiger partial charge in [0.2, 0.25) is 5.91 Å². The molecular weight excluding hydrogens is 419 g/mol. The minimum absolute atomic E-state index is 0.0523. The first-order chi connectivity index (χ1) is 15.3. The van der Waals surface area contributed by atoms with Gasteiger partial charge in [0.25, 0.3) is 0 Å². The third-order valence-electron chi connectivity index (χ3n) is 5.56. The van der Waals surface area contributed by atoms with Crippen molar-refractivity contribution in [1.82, 2.24) is 20.2 Å². The molecule has 0 radical (unpaired) electrons. The topological polar surface area (TPSA) is 61.4 Å². The second kappa shape index (κ2) is 9.12. The normalized spacial score (nSPS) is 15.2. The Morgan fingerprint density at radius 2 is 1.78 bits per heavy atom. The van der Waals surface area contributed by atoms with E-state index in [0.717, 1.165) is 31.3 Å². The molecule has 0 aliphatic carbocycles. The van der Waals surface area contributed by atoms with E-state index in [0.29, 0.717) is 41.9 Å². The van der Waals surface area contributed by atoms with Crippen molar-refractivity contribution >= 4 is 22.6 Å². The first-order valence-electron chi connectivity index (χ1n) is 10.5. The van der Waals surface area contributed by atoms with Gasteiger partial charge < -0.3 is 10.2 Å². The molecule has 9 heteroatoms. The van der Waals surface area contributed by atoms with Crippen molar-refractivity contribution in [3.05, 3.63) is 54.4 Å². The monoisotopic (exact) mass is 443 g/mol. The second-order valence-corrected chi connectivity index (χ2v) is 7.76. The van der Waals surface area contributed by atoms with Gasteiger partial charge in [0, 0.05) is 63.3 Å². The van der Waals surface area contributed by atoms with Gasteiger partial charge in [-0.2, -0.15) is 13.2 Å². The number of pyridine rings is 2. The summed E-state index contributed by atoms with van der Waals surface area (Å²) in [6.07, 6.45) is -2.91. The second-order valence-electron chi connectivity index (χ2n) is 7.76. The Balaban J connectivity index is 1.64. The molecule has 1 N–H and O–H groups in total. The summed E-state index contributed by atoms with van der Waals surface area (Å²) in [5, 5.41) is 3.40. The van der Waals surface area contributed by atoms with E-state index in [1.54, 1.807) is 6.20 Å². The molecule has 32 heavy (non-hydrogen) atoms. The van der Waals surface area contributed by atoms with Gasteiger partial charge in [-0.3, -0.25) is 9.69 Å². The molecule has 3 aromatic rings. The molecule has 0 atom stereocenters. The highest BCUT2D eigenvalue weighted by atomic mass is 19.4. The van der Waals surface area contributed by atoms with Gasteiger partial charge in [0.05, 0.1) is 5.52 Å². The van der Waals surface area contributed by atoms with E-state index >= 15 is 0 Å². The van der Waals surface area contributed by atoms with Crippen molar-refractivity contribution in [3.8, 4) is 11.1 Å². The number of amides is 1. The van der Waals surface area contributed by atoms with E-state index in [9.17, 15) is 18.0 Å². The Morgan fingerprint density at radius 1 is 1.06 bits per heavy atom. The number of hydrogen-bond donors (Lipinski definition) is 1. The lowest BCUT2D eigenvalue weighted by Gasteiger charge is -2.36. The molecule has 1 amide bonds. The first-order valence-corrected chi connectivity index (χ1v) is 10.5. The SMILES string of the molecule is CC(=O)NCCN1CCN(c2ncc(-c3ccccc3)c3nc(C(F)(F)F)ccc23)CC1. The first kappa shape index (κ1) is 22.0. The van der Waals surface area contributed by atoms with E-state index in [2.05, 4.69) is 25.1 Å². The number of carbonyl (C=O) groups is 1. The maximum Gasteiger partial charge on any atom is 0.433 e. The Hall–Kier alpha value is -3.20. The highest BCUT2D eigenvalue weighted by Gasteiger charge is 2.33. The van der Waals surface area contributed by atoms with Crippen molar-refractivity contribution in [2.45, 2.75) is 13.1 Å². The van der Waals surface area contributed by atoms with Crippen LogP contribution in [0.3, 0.4) is 0 Å². The van der Waals surface area contributed by atoms with E-state index in [1.807, 2.05) is 30.3 Å². The number of carbonyl (C=O) groups excluding carboxylic acids is 1. The fraction of sp³-hybridized carbons (Fsp3) is 0.348. The Kier molecular flexibility index (Phi) is 6.27. The van der Waals surface area contributed by atoms with Crippen LogP contribution in [0.5, 0.6) is 0 Å². The molecule has 4 rings (SSSR count). The summed E-state index contributed by atoms with van der Waals surface area (Å²) >= 11 is 0. The Labute approximate surface area is 184 Å². The Bertz CT molecular complexity index is 1100. The van der Waals surface area contributed by atoms with Crippen LogP contribution in [0.2, 0.25) is 0 Å². The van der Waals surface area contributed by atoms with Crippen molar-refractivity contribution in [1.29, 1.82) is 0 Å². The predicted octanol–water partition coefficient (Wildman–Crippen LogP) is 3.57. The number of nitrogens with one attached hydrogen (secondary N) is 1. The van der Waals surface area contributed by atoms with Crippen LogP contribution in [-0.2, 0) is 11.0 Å². The molecule has 2 aromatic heterocycles.